The van der Waals surface area contributed by atoms with Crippen molar-refractivity contribution in [2.45, 2.75) is 12.1 Å². The summed E-state index contributed by atoms with van der Waals surface area (Å²) in [6, 6.07) is 0.365. The molecule has 11 heteroatoms. The number of hydrogen-bond donors (Lipinski definition) is 1. The Bertz CT molecular complexity index is 934. The van der Waals surface area contributed by atoms with Gasteiger partial charge in [0.25, 0.3) is 0 Å². The van der Waals surface area contributed by atoms with E-state index < -0.39 is 76.9 Å². The van der Waals surface area contributed by atoms with Crippen LogP contribution in [0.3, 0.4) is 0 Å². The molecule has 0 aromatic heterocycles. The van der Waals surface area contributed by atoms with Crippen LogP contribution < -0.4 is 5.32 Å². The van der Waals surface area contributed by atoms with Crippen LogP contribution in [0.5, 0.6) is 0 Å². The van der Waals surface area contributed by atoms with Gasteiger partial charge in [0.1, 0.15) is 24.9 Å². The first-order valence-electron chi connectivity index (χ1n) is 7.70. The van der Waals surface area contributed by atoms with Crippen LogP contribution >= 0.6 is 0 Å². The lowest BCUT2D eigenvalue weighted by molar-refractivity contribution is -0.142. The largest absolute Gasteiger partial charge is 0.466 e. The molecule has 0 bridgehead atoms. The Morgan fingerprint density at radius 3 is 2.57 bits per heavy atom. The second kappa shape index (κ2) is 6.88. The third-order valence-corrected chi connectivity index (χ3v) is 4.32. The summed E-state index contributed by atoms with van der Waals surface area (Å²) in [5.41, 5.74) is -4.73. The summed E-state index contributed by atoms with van der Waals surface area (Å²) in [6.07, 6.45) is -5.29. The number of methoxy groups -OCH3 is 1. The zero-order valence-electron chi connectivity index (χ0n) is 14.0. The number of halogens is 6. The Labute approximate surface area is 153 Å². The molecule has 5 nitrogen and oxygen atoms in total. The van der Waals surface area contributed by atoms with Crippen molar-refractivity contribution >= 4 is 11.9 Å². The van der Waals surface area contributed by atoms with Crippen molar-refractivity contribution < 1.29 is 45.4 Å². The van der Waals surface area contributed by atoms with E-state index in [1.54, 1.807) is 0 Å². The molecule has 2 aliphatic rings. The third-order valence-electron chi connectivity index (χ3n) is 4.32. The molecule has 0 unspecified atom stereocenters. The molecular formula is C17H11F6NO4. The number of hydrogen-bond acceptors (Lipinski definition) is 5. The maximum Gasteiger partial charge on any atom is 0.419 e. The standard InChI is InChI=1S/C17H11F6NO4/c1-27-15(25)12-9(4-18)24-10-5-28-16(26)13(10)11(12)7-2-6(19)3-8(20)14(7)17(21,22)23/h2-3,11,24H,4-5H2,1H3/t11-/m1/s1. The van der Waals surface area contributed by atoms with E-state index in [0.29, 0.717) is 6.07 Å². The predicted octanol–water partition coefficient (Wildman–Crippen LogP) is 2.88. The molecule has 1 aromatic carbocycles. The molecule has 2 aliphatic heterocycles. The van der Waals surface area contributed by atoms with Gasteiger partial charge in [-0.25, -0.2) is 22.8 Å². The van der Waals surface area contributed by atoms with Crippen LogP contribution in [-0.4, -0.2) is 32.3 Å². The zero-order chi connectivity index (χ0) is 20.8. The van der Waals surface area contributed by atoms with Crippen molar-refractivity contribution in [3.05, 3.63) is 57.4 Å². The number of benzene rings is 1. The highest BCUT2D eigenvalue weighted by atomic mass is 19.4. The van der Waals surface area contributed by atoms with Gasteiger partial charge in [-0.3, -0.25) is 0 Å². The molecular weight excluding hydrogens is 396 g/mol. The normalized spacial score (nSPS) is 19.4. The van der Waals surface area contributed by atoms with E-state index in [1.165, 1.54) is 0 Å². The van der Waals surface area contributed by atoms with Crippen LogP contribution in [-0.2, 0) is 25.2 Å². The fourth-order valence-electron chi connectivity index (χ4n) is 3.27. The number of cyclic esters (lactones) is 1. The molecule has 0 radical (unpaired) electrons. The summed E-state index contributed by atoms with van der Waals surface area (Å²) in [4.78, 5) is 24.3. The molecule has 1 atom stereocenters. The van der Waals surface area contributed by atoms with Crippen molar-refractivity contribution in [3.8, 4) is 0 Å². The van der Waals surface area contributed by atoms with E-state index in [2.05, 4.69) is 10.1 Å². The van der Waals surface area contributed by atoms with Crippen LogP contribution in [0.2, 0.25) is 0 Å². The van der Waals surface area contributed by atoms with Gasteiger partial charge in [0.05, 0.1) is 41.1 Å². The van der Waals surface area contributed by atoms with Crippen molar-refractivity contribution in [1.29, 1.82) is 0 Å². The number of carbonyl (C=O) groups excluding carboxylic acids is 2. The van der Waals surface area contributed by atoms with Crippen molar-refractivity contribution in [1.82, 2.24) is 5.32 Å². The maximum atomic E-state index is 14.1. The SMILES string of the molecule is COC(=O)C1=C(CF)NC2=C(C(=O)OC2)[C@@H]1c1cc(F)cc(F)c1C(F)(F)F. The lowest BCUT2D eigenvalue weighted by atomic mass is 9.78. The smallest absolute Gasteiger partial charge is 0.419 e. The molecule has 1 N–H and O–H groups in total. The van der Waals surface area contributed by atoms with Crippen LogP contribution in [0.25, 0.3) is 0 Å². The predicted molar refractivity (Wildman–Crippen MR) is 80.2 cm³/mol. The fraction of sp³-hybridized carbons (Fsp3) is 0.294. The lowest BCUT2D eigenvalue weighted by Gasteiger charge is -2.29. The summed E-state index contributed by atoms with van der Waals surface area (Å²) in [5.74, 6) is -7.64. The minimum absolute atomic E-state index is 0.0211. The van der Waals surface area contributed by atoms with Gasteiger partial charge < -0.3 is 14.8 Å². The van der Waals surface area contributed by atoms with Gasteiger partial charge in [-0.2, -0.15) is 13.2 Å². The fourth-order valence-corrected chi connectivity index (χ4v) is 3.27. The number of nitrogens with one attached hydrogen (secondary N) is 1. The average molecular weight is 407 g/mol. The van der Waals surface area contributed by atoms with Gasteiger partial charge in [0.2, 0.25) is 0 Å². The molecule has 150 valence electrons. The highest BCUT2D eigenvalue weighted by Crippen LogP contribution is 2.46. The van der Waals surface area contributed by atoms with E-state index >= 15 is 0 Å². The van der Waals surface area contributed by atoms with Crippen LogP contribution in [0, 0.1) is 11.6 Å². The number of alkyl halides is 4. The summed E-state index contributed by atoms with van der Waals surface area (Å²) >= 11 is 0. The number of rotatable bonds is 3. The number of dihydropyridines is 1. The van der Waals surface area contributed by atoms with E-state index in [-0.39, 0.29) is 11.8 Å². The zero-order valence-corrected chi connectivity index (χ0v) is 14.0. The average Bonchev–Trinajstić information content (AvgIpc) is 2.98. The summed E-state index contributed by atoms with van der Waals surface area (Å²) < 4.78 is 91.2. The van der Waals surface area contributed by atoms with Gasteiger partial charge in [-0.1, -0.05) is 0 Å². The molecule has 0 saturated heterocycles. The first kappa shape index (κ1) is 19.8. The Hall–Kier alpha value is -2.98. The Balaban J connectivity index is 2.38. The monoisotopic (exact) mass is 407 g/mol. The van der Waals surface area contributed by atoms with Crippen LogP contribution in [0.15, 0.2) is 34.7 Å². The maximum absolute atomic E-state index is 14.1. The van der Waals surface area contributed by atoms with Crippen molar-refractivity contribution in [2.75, 3.05) is 20.4 Å². The molecule has 0 aliphatic carbocycles. The topological polar surface area (TPSA) is 64.6 Å². The van der Waals surface area contributed by atoms with Crippen LogP contribution in [0.4, 0.5) is 26.3 Å². The molecule has 0 fully saturated rings. The summed E-state index contributed by atoms with van der Waals surface area (Å²) in [6.45, 7) is -1.77. The van der Waals surface area contributed by atoms with Crippen molar-refractivity contribution in [2.24, 2.45) is 0 Å². The summed E-state index contributed by atoms with van der Waals surface area (Å²) in [5, 5.41) is 2.42. The quantitative estimate of drug-likeness (QED) is 0.617. The van der Waals surface area contributed by atoms with Gasteiger partial charge in [-0.05, 0) is 11.6 Å². The third kappa shape index (κ3) is 3.10. The van der Waals surface area contributed by atoms with E-state index in [9.17, 15) is 35.9 Å². The molecule has 2 heterocycles. The van der Waals surface area contributed by atoms with E-state index in [4.69, 9.17) is 4.74 Å². The number of carbonyl (C=O) groups is 2. The minimum Gasteiger partial charge on any atom is -0.466 e. The Morgan fingerprint density at radius 1 is 1.32 bits per heavy atom. The molecule has 0 saturated carbocycles. The Kier molecular flexibility index (Phi) is 4.86. The molecule has 1 aromatic rings. The first-order valence-corrected chi connectivity index (χ1v) is 7.70. The van der Waals surface area contributed by atoms with Gasteiger partial charge in [0.15, 0.2) is 0 Å². The van der Waals surface area contributed by atoms with Gasteiger partial charge in [0, 0.05) is 6.07 Å². The summed E-state index contributed by atoms with van der Waals surface area (Å²) in [7, 11) is 0.885. The molecule has 0 spiro atoms. The van der Waals surface area contributed by atoms with Crippen molar-refractivity contribution in [3.63, 3.8) is 0 Å². The van der Waals surface area contributed by atoms with Gasteiger partial charge in [-0.15, -0.1) is 0 Å². The van der Waals surface area contributed by atoms with E-state index in [0.717, 1.165) is 7.11 Å². The highest BCUT2D eigenvalue weighted by molar-refractivity contribution is 6.01. The molecule has 3 rings (SSSR count). The second-order valence-electron chi connectivity index (χ2n) is 5.89. The molecule has 0 amide bonds. The van der Waals surface area contributed by atoms with Gasteiger partial charge >= 0.3 is 18.1 Å². The number of allylic oxidation sites excluding steroid dienone is 1. The van der Waals surface area contributed by atoms with Crippen LogP contribution in [0.1, 0.15) is 17.0 Å². The minimum atomic E-state index is -5.29. The second-order valence-corrected chi connectivity index (χ2v) is 5.89. The van der Waals surface area contributed by atoms with E-state index in [1.807, 2.05) is 0 Å². The molecule has 28 heavy (non-hydrogen) atoms. The Morgan fingerprint density at radius 2 is 2.00 bits per heavy atom. The lowest BCUT2D eigenvalue weighted by Crippen LogP contribution is -2.33. The first-order chi connectivity index (χ1) is 13.1. The highest BCUT2D eigenvalue weighted by Gasteiger charge is 2.47. The number of ether oxygens (including phenoxy) is 2. The number of esters is 2.